The predicted octanol–water partition coefficient (Wildman–Crippen LogP) is 2.77. The molecular weight excluding hydrogens is 212 g/mol. The molecule has 2 rings (SSSR count). The van der Waals surface area contributed by atoms with E-state index < -0.39 is 0 Å². The van der Waals surface area contributed by atoms with Crippen molar-refractivity contribution in [3.63, 3.8) is 0 Å². The summed E-state index contributed by atoms with van der Waals surface area (Å²) < 4.78 is 1.75. The Balaban J connectivity index is 2.91. The molecule has 2 aromatic rings. The minimum atomic E-state index is -0.243. The van der Waals surface area contributed by atoms with E-state index in [1.165, 1.54) is 0 Å². The molecule has 0 amide bonds. The lowest BCUT2D eigenvalue weighted by molar-refractivity contribution is 0.372. The van der Waals surface area contributed by atoms with Crippen molar-refractivity contribution in [2.45, 2.75) is 40.2 Å². The fraction of sp³-hybridized carbons (Fsp3) is 0.429. The van der Waals surface area contributed by atoms with Crippen LogP contribution in [0.1, 0.15) is 32.2 Å². The van der Waals surface area contributed by atoms with Crippen molar-refractivity contribution in [3.8, 4) is 0 Å². The summed E-state index contributed by atoms with van der Waals surface area (Å²) in [7, 11) is 0. The van der Waals surface area contributed by atoms with Crippen LogP contribution in [0, 0.1) is 13.8 Å². The van der Waals surface area contributed by atoms with E-state index in [4.69, 9.17) is 0 Å². The third-order valence-corrected chi connectivity index (χ3v) is 2.86. The van der Waals surface area contributed by atoms with E-state index >= 15 is 0 Å². The van der Waals surface area contributed by atoms with Crippen molar-refractivity contribution >= 4 is 10.9 Å². The van der Waals surface area contributed by atoms with Gasteiger partial charge in [-0.2, -0.15) is 0 Å². The van der Waals surface area contributed by atoms with Gasteiger partial charge < -0.3 is 0 Å². The highest BCUT2D eigenvalue weighted by atomic mass is 16.1. The lowest BCUT2D eigenvalue weighted by Gasteiger charge is -2.24. The minimum absolute atomic E-state index is 0.0417. The van der Waals surface area contributed by atoms with E-state index in [1.54, 1.807) is 4.57 Å². The first-order valence-corrected chi connectivity index (χ1v) is 5.81. The molecule has 0 aliphatic rings. The second kappa shape index (κ2) is 3.69. The Labute approximate surface area is 101 Å². The van der Waals surface area contributed by atoms with Crippen molar-refractivity contribution in [2.24, 2.45) is 0 Å². The maximum Gasteiger partial charge on any atom is 0.261 e. The number of fused-ring (bicyclic) bond motifs is 1. The molecule has 0 aliphatic heterocycles. The normalized spacial score (nSPS) is 12.1. The van der Waals surface area contributed by atoms with Gasteiger partial charge in [0.25, 0.3) is 5.56 Å². The highest BCUT2D eigenvalue weighted by Gasteiger charge is 2.19. The van der Waals surface area contributed by atoms with Crippen LogP contribution in [-0.2, 0) is 5.54 Å². The molecule has 3 nitrogen and oxygen atoms in total. The van der Waals surface area contributed by atoms with E-state index in [0.29, 0.717) is 5.39 Å². The van der Waals surface area contributed by atoms with Crippen LogP contribution in [0.5, 0.6) is 0 Å². The Kier molecular flexibility index (Phi) is 2.57. The van der Waals surface area contributed by atoms with Crippen LogP contribution in [0.2, 0.25) is 0 Å². The van der Waals surface area contributed by atoms with Gasteiger partial charge in [-0.25, -0.2) is 4.98 Å². The van der Waals surface area contributed by atoms with Gasteiger partial charge in [-0.15, -0.1) is 0 Å². The van der Waals surface area contributed by atoms with Crippen molar-refractivity contribution in [1.82, 2.24) is 9.55 Å². The van der Waals surface area contributed by atoms with Crippen LogP contribution >= 0.6 is 0 Å². The lowest BCUT2D eigenvalue weighted by atomic mass is 10.1. The smallest absolute Gasteiger partial charge is 0.261 e. The monoisotopic (exact) mass is 230 g/mol. The number of benzene rings is 1. The Morgan fingerprint density at radius 1 is 1.18 bits per heavy atom. The SMILES string of the molecule is Cc1ccc2c(=O)n(C(C)(C)C)c(C)nc2c1. The molecule has 17 heavy (non-hydrogen) atoms. The third-order valence-electron chi connectivity index (χ3n) is 2.86. The van der Waals surface area contributed by atoms with Crippen LogP contribution in [-0.4, -0.2) is 9.55 Å². The molecule has 0 fully saturated rings. The van der Waals surface area contributed by atoms with Gasteiger partial charge >= 0.3 is 0 Å². The lowest BCUT2D eigenvalue weighted by Crippen LogP contribution is -2.36. The van der Waals surface area contributed by atoms with Crippen molar-refractivity contribution in [3.05, 3.63) is 39.9 Å². The molecule has 0 bridgehead atoms. The Morgan fingerprint density at radius 3 is 2.41 bits per heavy atom. The molecule has 0 N–H and O–H groups in total. The molecule has 0 unspecified atom stereocenters. The molecule has 0 atom stereocenters. The van der Waals surface area contributed by atoms with Gasteiger partial charge in [-0.05, 0) is 52.3 Å². The zero-order valence-corrected chi connectivity index (χ0v) is 11.0. The Hall–Kier alpha value is -1.64. The van der Waals surface area contributed by atoms with Crippen LogP contribution in [0.4, 0.5) is 0 Å². The predicted molar refractivity (Wildman–Crippen MR) is 70.5 cm³/mol. The fourth-order valence-electron chi connectivity index (χ4n) is 2.20. The van der Waals surface area contributed by atoms with E-state index in [1.807, 2.05) is 52.8 Å². The first-order valence-electron chi connectivity index (χ1n) is 5.81. The average Bonchev–Trinajstić information content (AvgIpc) is 2.13. The van der Waals surface area contributed by atoms with E-state index in [0.717, 1.165) is 16.9 Å². The highest BCUT2D eigenvalue weighted by Crippen LogP contribution is 2.16. The van der Waals surface area contributed by atoms with Gasteiger partial charge in [0.1, 0.15) is 5.82 Å². The molecule has 0 radical (unpaired) electrons. The van der Waals surface area contributed by atoms with Crippen LogP contribution in [0.3, 0.4) is 0 Å². The Morgan fingerprint density at radius 2 is 1.82 bits per heavy atom. The van der Waals surface area contributed by atoms with Gasteiger partial charge in [0.05, 0.1) is 10.9 Å². The van der Waals surface area contributed by atoms with E-state index in [2.05, 4.69) is 4.98 Å². The zero-order chi connectivity index (χ0) is 12.8. The molecule has 0 aliphatic carbocycles. The number of aryl methyl sites for hydroxylation is 2. The molecular formula is C14H18N2O. The summed E-state index contributed by atoms with van der Waals surface area (Å²) in [4.78, 5) is 17.0. The van der Waals surface area contributed by atoms with Crippen LogP contribution < -0.4 is 5.56 Å². The molecule has 90 valence electrons. The van der Waals surface area contributed by atoms with Crippen LogP contribution in [0.25, 0.3) is 10.9 Å². The second-order valence-corrected chi connectivity index (χ2v) is 5.49. The van der Waals surface area contributed by atoms with Gasteiger partial charge in [0.15, 0.2) is 0 Å². The number of aromatic nitrogens is 2. The summed E-state index contributed by atoms with van der Waals surface area (Å²) in [5.74, 6) is 0.764. The molecule has 0 saturated heterocycles. The van der Waals surface area contributed by atoms with E-state index in [-0.39, 0.29) is 11.1 Å². The summed E-state index contributed by atoms with van der Waals surface area (Å²) in [5.41, 5.74) is 1.71. The first kappa shape index (κ1) is 11.8. The molecule has 3 heteroatoms. The summed E-state index contributed by atoms with van der Waals surface area (Å²) in [6, 6.07) is 5.77. The highest BCUT2D eigenvalue weighted by molar-refractivity contribution is 5.78. The van der Waals surface area contributed by atoms with Gasteiger partial charge in [-0.1, -0.05) is 6.07 Å². The topological polar surface area (TPSA) is 34.9 Å². The average molecular weight is 230 g/mol. The fourth-order valence-corrected chi connectivity index (χ4v) is 2.20. The number of hydrogen-bond acceptors (Lipinski definition) is 2. The minimum Gasteiger partial charge on any atom is -0.291 e. The van der Waals surface area contributed by atoms with Crippen LogP contribution in [0.15, 0.2) is 23.0 Å². The Bertz CT molecular complexity index is 633. The second-order valence-electron chi connectivity index (χ2n) is 5.49. The zero-order valence-electron chi connectivity index (χ0n) is 11.0. The quantitative estimate of drug-likeness (QED) is 0.697. The summed E-state index contributed by atoms with van der Waals surface area (Å²) in [6.07, 6.45) is 0. The molecule has 1 heterocycles. The maximum atomic E-state index is 12.4. The third kappa shape index (κ3) is 1.97. The van der Waals surface area contributed by atoms with Crippen molar-refractivity contribution in [2.75, 3.05) is 0 Å². The molecule has 0 saturated carbocycles. The van der Waals surface area contributed by atoms with Gasteiger partial charge in [-0.3, -0.25) is 9.36 Å². The number of rotatable bonds is 0. The maximum absolute atomic E-state index is 12.4. The summed E-state index contributed by atoms with van der Waals surface area (Å²) in [5, 5.41) is 0.691. The number of nitrogens with zero attached hydrogens (tertiary/aromatic N) is 2. The summed E-state index contributed by atoms with van der Waals surface area (Å²) in [6.45, 7) is 9.94. The van der Waals surface area contributed by atoms with Crippen molar-refractivity contribution < 1.29 is 0 Å². The summed E-state index contributed by atoms with van der Waals surface area (Å²) >= 11 is 0. The molecule has 1 aromatic carbocycles. The van der Waals surface area contributed by atoms with E-state index in [9.17, 15) is 4.79 Å². The number of hydrogen-bond donors (Lipinski definition) is 0. The standard InChI is InChI=1S/C14H18N2O/c1-9-6-7-11-12(8-9)15-10(2)16(13(11)17)14(3,4)5/h6-8H,1-5H3. The van der Waals surface area contributed by atoms with Gasteiger partial charge in [0, 0.05) is 5.54 Å². The largest absolute Gasteiger partial charge is 0.291 e. The molecule has 1 aromatic heterocycles. The van der Waals surface area contributed by atoms with Crippen molar-refractivity contribution in [1.29, 1.82) is 0 Å². The van der Waals surface area contributed by atoms with Gasteiger partial charge in [0.2, 0.25) is 0 Å². The first-order chi connectivity index (χ1) is 7.80. The molecule has 0 spiro atoms.